The number of pyridine rings is 2. The Morgan fingerprint density at radius 1 is 1.38 bits per heavy atom. The summed E-state index contributed by atoms with van der Waals surface area (Å²) in [6.45, 7) is 3.69. The summed E-state index contributed by atoms with van der Waals surface area (Å²) in [5.74, 6) is -1.23. The molecule has 0 aromatic carbocycles. The fourth-order valence-corrected chi connectivity index (χ4v) is 2.68. The van der Waals surface area contributed by atoms with Crippen LogP contribution >= 0.6 is 0 Å². The number of aryl methyl sites for hydroxylation is 2. The van der Waals surface area contributed by atoms with E-state index in [9.17, 15) is 14.7 Å². The Morgan fingerprint density at radius 3 is 2.76 bits per heavy atom. The SMILES string of the molecule is CCc1[nH]c2nc3ccoc3c(CC)c2c(=O)c1C(=O)O. The molecule has 0 aliphatic carbocycles. The number of carbonyl (C=O) groups is 1. The van der Waals surface area contributed by atoms with E-state index in [0.717, 1.165) is 0 Å². The molecule has 0 unspecified atom stereocenters. The van der Waals surface area contributed by atoms with E-state index in [4.69, 9.17) is 4.42 Å². The number of aromatic amines is 1. The van der Waals surface area contributed by atoms with Crippen LogP contribution in [-0.2, 0) is 12.8 Å². The molecule has 0 aliphatic heterocycles. The van der Waals surface area contributed by atoms with E-state index in [-0.39, 0.29) is 5.56 Å². The second-order valence-electron chi connectivity index (χ2n) is 4.77. The number of nitrogens with zero attached hydrogens (tertiary/aromatic N) is 1. The van der Waals surface area contributed by atoms with Crippen molar-refractivity contribution in [1.29, 1.82) is 0 Å². The summed E-state index contributed by atoms with van der Waals surface area (Å²) in [4.78, 5) is 31.4. The Balaban J connectivity index is 2.59. The van der Waals surface area contributed by atoms with Crippen LogP contribution in [-0.4, -0.2) is 21.0 Å². The van der Waals surface area contributed by atoms with Gasteiger partial charge in [0.15, 0.2) is 5.58 Å². The number of nitrogens with one attached hydrogen (secondary N) is 1. The van der Waals surface area contributed by atoms with Crippen LogP contribution in [0.2, 0.25) is 0 Å². The third kappa shape index (κ3) is 1.83. The van der Waals surface area contributed by atoms with E-state index in [1.807, 2.05) is 6.92 Å². The van der Waals surface area contributed by atoms with Crippen LogP contribution in [0.3, 0.4) is 0 Å². The second-order valence-corrected chi connectivity index (χ2v) is 4.77. The first-order chi connectivity index (χ1) is 10.1. The maximum atomic E-state index is 12.6. The van der Waals surface area contributed by atoms with Gasteiger partial charge in [-0.1, -0.05) is 13.8 Å². The zero-order valence-corrected chi connectivity index (χ0v) is 11.7. The first-order valence-electron chi connectivity index (χ1n) is 6.76. The molecule has 0 saturated heterocycles. The van der Waals surface area contributed by atoms with Crippen LogP contribution in [0, 0.1) is 0 Å². The van der Waals surface area contributed by atoms with Gasteiger partial charge in [0.25, 0.3) is 0 Å². The number of hydrogen-bond donors (Lipinski definition) is 2. The van der Waals surface area contributed by atoms with Crippen LogP contribution in [0.15, 0.2) is 21.5 Å². The van der Waals surface area contributed by atoms with Gasteiger partial charge in [-0.25, -0.2) is 9.78 Å². The average molecular weight is 286 g/mol. The first kappa shape index (κ1) is 13.4. The van der Waals surface area contributed by atoms with Crippen molar-refractivity contribution in [3.05, 3.63) is 39.4 Å². The van der Waals surface area contributed by atoms with Gasteiger partial charge < -0.3 is 14.5 Å². The molecule has 6 nitrogen and oxygen atoms in total. The molecule has 0 spiro atoms. The smallest absolute Gasteiger partial charge is 0.341 e. The summed E-state index contributed by atoms with van der Waals surface area (Å²) in [7, 11) is 0. The number of aromatic carboxylic acids is 1. The lowest BCUT2D eigenvalue weighted by atomic mass is 10.0. The molecule has 2 N–H and O–H groups in total. The fraction of sp³-hybridized carbons (Fsp3) is 0.267. The Morgan fingerprint density at radius 2 is 2.14 bits per heavy atom. The minimum atomic E-state index is -1.23. The molecule has 21 heavy (non-hydrogen) atoms. The second kappa shape index (κ2) is 4.73. The summed E-state index contributed by atoms with van der Waals surface area (Å²) < 4.78 is 5.40. The van der Waals surface area contributed by atoms with E-state index in [1.54, 1.807) is 13.0 Å². The Bertz CT molecular complexity index is 921. The summed E-state index contributed by atoms with van der Waals surface area (Å²) in [6, 6.07) is 1.73. The molecule has 0 atom stereocenters. The molecule has 0 bridgehead atoms. The van der Waals surface area contributed by atoms with Gasteiger partial charge in [0, 0.05) is 17.3 Å². The molecule has 0 fully saturated rings. The molecule has 3 aromatic rings. The number of carboxylic acids is 1. The minimum absolute atomic E-state index is 0.215. The van der Waals surface area contributed by atoms with E-state index < -0.39 is 11.4 Å². The zero-order chi connectivity index (χ0) is 15.1. The van der Waals surface area contributed by atoms with Crippen LogP contribution in [0.4, 0.5) is 0 Å². The molecule has 6 heteroatoms. The molecule has 0 amide bonds. The predicted molar refractivity (Wildman–Crippen MR) is 77.9 cm³/mol. The summed E-state index contributed by atoms with van der Waals surface area (Å²) in [5.41, 5.74) is 1.95. The number of aromatic nitrogens is 2. The third-order valence-electron chi connectivity index (χ3n) is 3.64. The highest BCUT2D eigenvalue weighted by molar-refractivity contribution is 5.98. The van der Waals surface area contributed by atoms with Crippen molar-refractivity contribution in [2.45, 2.75) is 26.7 Å². The van der Waals surface area contributed by atoms with Crippen molar-refractivity contribution >= 4 is 28.1 Å². The maximum Gasteiger partial charge on any atom is 0.341 e. The predicted octanol–water partition coefficient (Wildman–Crippen LogP) is 2.49. The maximum absolute atomic E-state index is 12.6. The van der Waals surface area contributed by atoms with Crippen LogP contribution in [0.25, 0.3) is 22.1 Å². The highest BCUT2D eigenvalue weighted by atomic mass is 16.4. The molecule has 108 valence electrons. The molecule has 3 heterocycles. The van der Waals surface area contributed by atoms with Crippen molar-refractivity contribution in [3.8, 4) is 0 Å². The third-order valence-corrected chi connectivity index (χ3v) is 3.64. The lowest BCUT2D eigenvalue weighted by Crippen LogP contribution is -2.21. The van der Waals surface area contributed by atoms with Crippen molar-refractivity contribution in [2.75, 3.05) is 0 Å². The Hall–Kier alpha value is -2.63. The molecular weight excluding hydrogens is 272 g/mol. The van der Waals surface area contributed by atoms with Gasteiger partial charge in [0.2, 0.25) is 5.43 Å². The van der Waals surface area contributed by atoms with E-state index in [0.29, 0.717) is 46.2 Å². The summed E-state index contributed by atoms with van der Waals surface area (Å²) >= 11 is 0. The quantitative estimate of drug-likeness (QED) is 0.771. The summed E-state index contributed by atoms with van der Waals surface area (Å²) in [5, 5.41) is 9.61. The fourth-order valence-electron chi connectivity index (χ4n) is 2.68. The van der Waals surface area contributed by atoms with Crippen molar-refractivity contribution in [1.82, 2.24) is 9.97 Å². The van der Waals surface area contributed by atoms with Gasteiger partial charge >= 0.3 is 5.97 Å². The first-order valence-corrected chi connectivity index (χ1v) is 6.76. The van der Waals surface area contributed by atoms with Gasteiger partial charge in [0.1, 0.15) is 16.7 Å². The number of rotatable bonds is 3. The molecule has 0 aliphatic rings. The van der Waals surface area contributed by atoms with E-state index in [2.05, 4.69) is 9.97 Å². The van der Waals surface area contributed by atoms with Gasteiger partial charge in [-0.05, 0) is 12.8 Å². The Kier molecular flexibility index (Phi) is 3.01. The lowest BCUT2D eigenvalue weighted by molar-refractivity contribution is 0.0694. The molecule has 3 rings (SSSR count). The number of furan rings is 1. The van der Waals surface area contributed by atoms with Crippen LogP contribution in [0.1, 0.15) is 35.5 Å². The topological polar surface area (TPSA) is 96.2 Å². The van der Waals surface area contributed by atoms with Crippen LogP contribution < -0.4 is 5.43 Å². The Labute approximate surface area is 119 Å². The van der Waals surface area contributed by atoms with Crippen LogP contribution in [0.5, 0.6) is 0 Å². The van der Waals surface area contributed by atoms with E-state index in [1.165, 1.54) is 6.26 Å². The molecule has 0 radical (unpaired) electrons. The largest absolute Gasteiger partial charge is 0.477 e. The van der Waals surface area contributed by atoms with Gasteiger partial charge in [-0.15, -0.1) is 0 Å². The highest BCUT2D eigenvalue weighted by Gasteiger charge is 2.21. The summed E-state index contributed by atoms with van der Waals surface area (Å²) in [6.07, 6.45) is 2.48. The molecule has 3 aromatic heterocycles. The van der Waals surface area contributed by atoms with Gasteiger partial charge in [-0.2, -0.15) is 0 Å². The number of hydrogen-bond acceptors (Lipinski definition) is 4. The number of carboxylic acid groups (broad SMARTS) is 1. The van der Waals surface area contributed by atoms with Gasteiger partial charge in [0.05, 0.1) is 11.6 Å². The minimum Gasteiger partial charge on any atom is -0.477 e. The monoisotopic (exact) mass is 286 g/mol. The highest BCUT2D eigenvalue weighted by Crippen LogP contribution is 2.25. The standard InChI is InChI=1S/C15H14N2O4/c1-3-7-10-12(18)11(15(19)20)8(4-2)16-14(10)17-9-5-6-21-13(7)9/h5-6H,3-4H2,1-2H3,(H,19,20)(H,16,17,18). The number of fused-ring (bicyclic) bond motifs is 2. The molecular formula is C15H14N2O4. The zero-order valence-electron chi connectivity index (χ0n) is 11.7. The lowest BCUT2D eigenvalue weighted by Gasteiger charge is -2.09. The van der Waals surface area contributed by atoms with E-state index >= 15 is 0 Å². The van der Waals surface area contributed by atoms with Crippen molar-refractivity contribution in [2.24, 2.45) is 0 Å². The number of H-pyrrole nitrogens is 1. The van der Waals surface area contributed by atoms with Crippen molar-refractivity contribution < 1.29 is 14.3 Å². The van der Waals surface area contributed by atoms with Gasteiger partial charge in [-0.3, -0.25) is 4.79 Å². The normalized spacial score (nSPS) is 11.3. The average Bonchev–Trinajstić information content (AvgIpc) is 2.91. The van der Waals surface area contributed by atoms with Crippen molar-refractivity contribution in [3.63, 3.8) is 0 Å². The molecule has 0 saturated carbocycles.